The zero-order valence-corrected chi connectivity index (χ0v) is 28.8. The minimum absolute atomic E-state index is 0.0740. The van der Waals surface area contributed by atoms with Gasteiger partial charge in [0.2, 0.25) is 5.91 Å². The number of hydrogen-bond acceptors (Lipinski definition) is 5. The summed E-state index contributed by atoms with van der Waals surface area (Å²) in [6.45, 7) is 6.11. The van der Waals surface area contributed by atoms with Gasteiger partial charge in [0, 0.05) is 17.5 Å². The van der Waals surface area contributed by atoms with Crippen molar-refractivity contribution in [2.24, 2.45) is 0 Å². The van der Waals surface area contributed by atoms with E-state index in [0.717, 1.165) is 55.8 Å². The molecule has 256 valence electrons. The number of carbonyl (C=O) groups excluding carboxylic acids is 1. The first-order valence-electron chi connectivity index (χ1n) is 17.4. The van der Waals surface area contributed by atoms with Crippen LogP contribution in [0, 0.1) is 0 Å². The number of fused-ring (bicyclic) bond motifs is 1. The van der Waals surface area contributed by atoms with E-state index >= 15 is 0 Å². The molecule has 0 spiro atoms. The Balaban J connectivity index is 1.40. The standard InChI is InChI=1S/C45H41NO5/c1-4-45(38-7-5-6-8-40(38)46-44(45)51)39-26-35(49)22-23-36(39)43(31-15-20-34(48)21-16-31)30-11-9-28(10-12-30)42(29-13-18-33(47)19-14-29)32-17-24-41(50)37(25-32)27(2)3/h5-27,42-43,47-50H,4H2,1-3H3,(H,46,51). The van der Waals surface area contributed by atoms with Crippen LogP contribution >= 0.6 is 0 Å². The normalized spacial score (nSPS) is 16.4. The zero-order valence-electron chi connectivity index (χ0n) is 28.8. The third-order valence-electron chi connectivity index (χ3n) is 10.4. The molecule has 6 nitrogen and oxygen atoms in total. The maximum absolute atomic E-state index is 14.0. The molecular formula is C45H41NO5. The van der Waals surface area contributed by atoms with Gasteiger partial charge in [0.1, 0.15) is 28.4 Å². The van der Waals surface area contributed by atoms with Gasteiger partial charge in [0.15, 0.2) is 0 Å². The van der Waals surface area contributed by atoms with Gasteiger partial charge < -0.3 is 25.7 Å². The lowest BCUT2D eigenvalue weighted by Gasteiger charge is -2.32. The molecule has 7 rings (SSSR count). The van der Waals surface area contributed by atoms with Crippen molar-refractivity contribution in [1.82, 2.24) is 0 Å². The molecule has 5 N–H and O–H groups in total. The van der Waals surface area contributed by atoms with E-state index in [4.69, 9.17) is 0 Å². The molecule has 1 aliphatic rings. The van der Waals surface area contributed by atoms with Gasteiger partial charge in [-0.05, 0) is 111 Å². The Bertz CT molecular complexity index is 2210. The van der Waals surface area contributed by atoms with Crippen LogP contribution in [-0.2, 0) is 10.2 Å². The second-order valence-electron chi connectivity index (χ2n) is 13.7. The van der Waals surface area contributed by atoms with Crippen LogP contribution < -0.4 is 5.32 Å². The Morgan fingerprint density at radius 3 is 1.63 bits per heavy atom. The molecule has 1 amide bonds. The van der Waals surface area contributed by atoms with Crippen LogP contribution in [0.2, 0.25) is 0 Å². The van der Waals surface area contributed by atoms with E-state index in [1.165, 1.54) is 0 Å². The van der Waals surface area contributed by atoms with E-state index in [2.05, 4.69) is 49.5 Å². The van der Waals surface area contributed by atoms with Gasteiger partial charge in [-0.3, -0.25) is 4.79 Å². The molecule has 1 aliphatic heterocycles. The van der Waals surface area contributed by atoms with Crippen LogP contribution in [0.5, 0.6) is 23.0 Å². The number of amides is 1. The second kappa shape index (κ2) is 13.4. The average molecular weight is 676 g/mol. The maximum Gasteiger partial charge on any atom is 0.239 e. The maximum atomic E-state index is 14.0. The van der Waals surface area contributed by atoms with Crippen LogP contribution in [-0.4, -0.2) is 26.3 Å². The van der Waals surface area contributed by atoms with Gasteiger partial charge in [0.25, 0.3) is 0 Å². The molecule has 3 unspecified atom stereocenters. The number of anilines is 1. The number of carbonyl (C=O) groups is 1. The number of para-hydroxylation sites is 1. The Hall–Kier alpha value is -6.01. The smallest absolute Gasteiger partial charge is 0.239 e. The average Bonchev–Trinajstić information content (AvgIpc) is 3.43. The Morgan fingerprint density at radius 2 is 1.06 bits per heavy atom. The van der Waals surface area contributed by atoms with E-state index in [1.807, 2.05) is 67.6 Å². The van der Waals surface area contributed by atoms with Crippen LogP contribution in [0.15, 0.2) is 133 Å². The van der Waals surface area contributed by atoms with Crippen LogP contribution in [0.4, 0.5) is 5.69 Å². The molecule has 0 saturated heterocycles. The summed E-state index contributed by atoms with van der Waals surface area (Å²) in [5.41, 5.74) is 7.97. The lowest BCUT2D eigenvalue weighted by atomic mass is 9.68. The Morgan fingerprint density at radius 1 is 0.549 bits per heavy atom. The summed E-state index contributed by atoms with van der Waals surface area (Å²) in [5, 5.41) is 45.0. The predicted octanol–water partition coefficient (Wildman–Crippen LogP) is 9.64. The SMILES string of the molecule is CCC1(c2cc(O)ccc2C(c2ccc(O)cc2)c2ccc(C(c3ccc(O)cc3)c3ccc(O)c(C(C)C)c3)cc2)C(=O)Nc2ccccc21. The summed E-state index contributed by atoms with van der Waals surface area (Å²) >= 11 is 0. The first-order valence-corrected chi connectivity index (χ1v) is 17.4. The summed E-state index contributed by atoms with van der Waals surface area (Å²) in [7, 11) is 0. The number of aromatic hydroxyl groups is 4. The van der Waals surface area contributed by atoms with Crippen molar-refractivity contribution in [2.75, 3.05) is 5.32 Å². The summed E-state index contributed by atoms with van der Waals surface area (Å²) < 4.78 is 0. The van der Waals surface area contributed by atoms with E-state index in [-0.39, 0.29) is 46.7 Å². The fourth-order valence-electron chi connectivity index (χ4n) is 7.85. The highest BCUT2D eigenvalue weighted by atomic mass is 16.3. The summed E-state index contributed by atoms with van der Waals surface area (Å²) in [6, 6.07) is 41.5. The molecule has 6 aromatic carbocycles. The zero-order chi connectivity index (χ0) is 35.9. The lowest BCUT2D eigenvalue weighted by molar-refractivity contribution is -0.119. The van der Waals surface area contributed by atoms with Crippen molar-refractivity contribution in [2.45, 2.75) is 50.4 Å². The fraction of sp³-hybridized carbons (Fsp3) is 0.178. The molecule has 0 aromatic heterocycles. The van der Waals surface area contributed by atoms with Crippen molar-refractivity contribution in [1.29, 1.82) is 0 Å². The third-order valence-corrected chi connectivity index (χ3v) is 10.4. The van der Waals surface area contributed by atoms with E-state index < -0.39 is 5.41 Å². The quantitative estimate of drug-likeness (QED) is 0.0981. The lowest BCUT2D eigenvalue weighted by Crippen LogP contribution is -2.36. The monoisotopic (exact) mass is 675 g/mol. The molecule has 1 heterocycles. The molecule has 6 heteroatoms. The first kappa shape index (κ1) is 33.5. The molecule has 0 bridgehead atoms. The molecule has 0 aliphatic carbocycles. The summed E-state index contributed by atoms with van der Waals surface area (Å²) in [4.78, 5) is 14.0. The van der Waals surface area contributed by atoms with E-state index in [0.29, 0.717) is 6.42 Å². The van der Waals surface area contributed by atoms with Crippen molar-refractivity contribution < 1.29 is 25.2 Å². The number of phenols is 4. The molecule has 51 heavy (non-hydrogen) atoms. The Kier molecular flexibility index (Phi) is 8.78. The summed E-state index contributed by atoms with van der Waals surface area (Å²) in [6.07, 6.45) is 0.479. The summed E-state index contributed by atoms with van der Waals surface area (Å²) in [5.74, 6) is 0.126. The molecule has 3 atom stereocenters. The highest BCUT2D eigenvalue weighted by Gasteiger charge is 2.48. The molecule has 6 aromatic rings. The number of benzene rings is 6. The van der Waals surface area contributed by atoms with Crippen molar-refractivity contribution in [3.8, 4) is 23.0 Å². The second-order valence-corrected chi connectivity index (χ2v) is 13.7. The minimum Gasteiger partial charge on any atom is -0.508 e. The fourth-order valence-corrected chi connectivity index (χ4v) is 7.85. The number of rotatable bonds is 9. The third kappa shape index (κ3) is 5.97. The van der Waals surface area contributed by atoms with E-state index in [1.54, 1.807) is 42.5 Å². The topological polar surface area (TPSA) is 110 Å². The molecule has 0 fully saturated rings. The number of phenolic OH excluding ortho intramolecular Hbond substituents is 4. The molecule has 0 saturated carbocycles. The Labute approximate surface area is 298 Å². The largest absolute Gasteiger partial charge is 0.508 e. The predicted molar refractivity (Wildman–Crippen MR) is 201 cm³/mol. The van der Waals surface area contributed by atoms with Crippen LogP contribution in [0.3, 0.4) is 0 Å². The van der Waals surface area contributed by atoms with Gasteiger partial charge in [-0.15, -0.1) is 0 Å². The van der Waals surface area contributed by atoms with Gasteiger partial charge in [-0.25, -0.2) is 0 Å². The highest BCUT2D eigenvalue weighted by molar-refractivity contribution is 6.09. The first-order chi connectivity index (χ1) is 24.6. The number of hydrogen-bond donors (Lipinski definition) is 5. The van der Waals surface area contributed by atoms with Gasteiger partial charge >= 0.3 is 0 Å². The molecule has 0 radical (unpaired) electrons. The van der Waals surface area contributed by atoms with Gasteiger partial charge in [0.05, 0.1) is 0 Å². The van der Waals surface area contributed by atoms with Crippen molar-refractivity contribution in [3.05, 3.63) is 184 Å². The number of nitrogens with one attached hydrogen (secondary N) is 1. The highest BCUT2D eigenvalue weighted by Crippen LogP contribution is 2.50. The van der Waals surface area contributed by atoms with E-state index in [9.17, 15) is 25.2 Å². The minimum atomic E-state index is -1.03. The van der Waals surface area contributed by atoms with Crippen molar-refractivity contribution in [3.63, 3.8) is 0 Å². The molecular weight excluding hydrogens is 634 g/mol. The van der Waals surface area contributed by atoms with Gasteiger partial charge in [-0.1, -0.05) is 106 Å². The van der Waals surface area contributed by atoms with Crippen molar-refractivity contribution >= 4 is 11.6 Å². The van der Waals surface area contributed by atoms with Crippen LogP contribution in [0.1, 0.15) is 95.0 Å². The van der Waals surface area contributed by atoms with Crippen LogP contribution in [0.25, 0.3) is 0 Å². The van der Waals surface area contributed by atoms with Gasteiger partial charge in [-0.2, -0.15) is 0 Å².